The first-order valence-electron chi connectivity index (χ1n) is 7.57. The molecule has 3 aromatic rings. The number of para-hydroxylation sites is 1. The van der Waals surface area contributed by atoms with Crippen molar-refractivity contribution in [1.82, 2.24) is 4.98 Å². The maximum absolute atomic E-state index is 13.1. The second kappa shape index (κ2) is 6.48. The van der Waals surface area contributed by atoms with Crippen LogP contribution in [0.3, 0.4) is 0 Å². The Balaban J connectivity index is 0.00000196. The van der Waals surface area contributed by atoms with E-state index in [1.807, 2.05) is 30.2 Å². The lowest BCUT2D eigenvalue weighted by Crippen LogP contribution is -2.13. The second-order valence-electron chi connectivity index (χ2n) is 5.75. The van der Waals surface area contributed by atoms with Crippen LogP contribution in [0.1, 0.15) is 11.1 Å². The van der Waals surface area contributed by atoms with Crippen molar-refractivity contribution in [3.63, 3.8) is 0 Å². The fourth-order valence-corrected chi connectivity index (χ4v) is 3.14. The van der Waals surface area contributed by atoms with E-state index in [1.54, 1.807) is 11.0 Å². The van der Waals surface area contributed by atoms with Crippen LogP contribution in [0.5, 0.6) is 0 Å². The third-order valence-corrected chi connectivity index (χ3v) is 4.26. The zero-order chi connectivity index (χ0) is 17.6. The summed E-state index contributed by atoms with van der Waals surface area (Å²) in [6, 6.07) is 12.4. The minimum atomic E-state index is -4.45. The van der Waals surface area contributed by atoms with Crippen LogP contribution in [0.4, 0.5) is 24.5 Å². The maximum atomic E-state index is 13.1. The van der Waals surface area contributed by atoms with Crippen molar-refractivity contribution in [3.8, 4) is 0 Å². The summed E-state index contributed by atoms with van der Waals surface area (Å²) in [6.45, 7) is 0. The number of anilines is 2. The van der Waals surface area contributed by atoms with Crippen molar-refractivity contribution in [1.29, 1.82) is 0 Å². The van der Waals surface area contributed by atoms with Crippen LogP contribution in [0.25, 0.3) is 10.9 Å². The highest BCUT2D eigenvalue weighted by Crippen LogP contribution is 2.42. The van der Waals surface area contributed by atoms with Crippen molar-refractivity contribution in [2.45, 2.75) is 12.6 Å². The van der Waals surface area contributed by atoms with Gasteiger partial charge in [-0.15, -0.1) is 12.4 Å². The van der Waals surface area contributed by atoms with Gasteiger partial charge in [-0.25, -0.2) is 4.79 Å². The molecule has 1 aliphatic rings. The summed E-state index contributed by atoms with van der Waals surface area (Å²) >= 11 is 0. The van der Waals surface area contributed by atoms with Crippen LogP contribution in [-0.4, -0.2) is 10.9 Å². The lowest BCUT2D eigenvalue weighted by Gasteiger charge is -2.21. The Kier molecular flexibility index (Phi) is 4.48. The molecule has 0 unspecified atom stereocenters. The molecule has 0 bridgehead atoms. The van der Waals surface area contributed by atoms with Gasteiger partial charge in [-0.2, -0.15) is 13.2 Å². The molecule has 0 atom stereocenters. The molecule has 0 saturated heterocycles. The molecule has 0 saturated carbocycles. The Morgan fingerprint density at radius 1 is 1.04 bits per heavy atom. The number of fused-ring (bicyclic) bond motifs is 2. The predicted molar refractivity (Wildman–Crippen MR) is 95.5 cm³/mol. The molecule has 0 spiro atoms. The van der Waals surface area contributed by atoms with Crippen LogP contribution in [-0.2, 0) is 17.4 Å². The molecule has 132 valence electrons. The van der Waals surface area contributed by atoms with E-state index < -0.39 is 11.7 Å². The van der Waals surface area contributed by atoms with Gasteiger partial charge in [0.25, 0.3) is 0 Å². The topological polar surface area (TPSA) is 33.2 Å². The zero-order valence-electron chi connectivity index (χ0n) is 13.2. The molecule has 2 heterocycles. The molecule has 7 heteroatoms. The number of allylic oxidation sites excluding steroid dienone is 1. The van der Waals surface area contributed by atoms with Crippen molar-refractivity contribution in [2.24, 2.45) is 0 Å². The maximum Gasteiger partial charge on any atom is 0.416 e. The van der Waals surface area contributed by atoms with E-state index >= 15 is 0 Å². The van der Waals surface area contributed by atoms with E-state index in [1.165, 1.54) is 12.3 Å². The summed E-state index contributed by atoms with van der Waals surface area (Å²) in [5.74, 6) is 1.92. The number of carbonyl (C=O) groups excluding carboxylic acids is 1. The predicted octanol–water partition coefficient (Wildman–Crippen LogP) is 5.09. The number of rotatable bonds is 1. The second-order valence-corrected chi connectivity index (χ2v) is 5.75. The summed E-state index contributed by atoms with van der Waals surface area (Å²) in [4.78, 5) is 17.2. The van der Waals surface area contributed by atoms with Gasteiger partial charge in [0, 0.05) is 18.0 Å². The van der Waals surface area contributed by atoms with Crippen molar-refractivity contribution in [2.75, 3.05) is 4.90 Å². The lowest BCUT2D eigenvalue weighted by molar-refractivity contribution is -0.137. The Bertz CT molecular complexity index is 1040. The van der Waals surface area contributed by atoms with Crippen LogP contribution in [0, 0.1) is 0 Å². The molecule has 0 fully saturated rings. The van der Waals surface area contributed by atoms with Crippen LogP contribution in [0.15, 0.2) is 60.4 Å². The van der Waals surface area contributed by atoms with Gasteiger partial charge in [-0.1, -0.05) is 18.2 Å². The van der Waals surface area contributed by atoms with E-state index in [9.17, 15) is 18.0 Å². The summed E-state index contributed by atoms with van der Waals surface area (Å²) in [5, 5.41) is 0.335. The fraction of sp³-hybridized carbons (Fsp3) is 0.105. The molecule has 1 aromatic heterocycles. The third-order valence-electron chi connectivity index (χ3n) is 4.26. The molecule has 0 aliphatic carbocycles. The quantitative estimate of drug-likeness (QED) is 0.555. The third kappa shape index (κ3) is 2.83. The number of aromatic nitrogens is 1. The van der Waals surface area contributed by atoms with E-state index in [0.717, 1.165) is 23.4 Å². The SMILES string of the molecule is Cl.O=C=C1Cc2ccccc2N1c1ccnc2ccc(C(F)(F)F)cc12. The van der Waals surface area contributed by atoms with Gasteiger partial charge >= 0.3 is 6.18 Å². The number of pyridine rings is 1. The van der Waals surface area contributed by atoms with E-state index in [0.29, 0.717) is 28.7 Å². The zero-order valence-corrected chi connectivity index (χ0v) is 14.1. The summed E-state index contributed by atoms with van der Waals surface area (Å²) < 4.78 is 39.3. The molecule has 2 aromatic carbocycles. The van der Waals surface area contributed by atoms with Gasteiger partial charge in [0.15, 0.2) is 0 Å². The smallest absolute Gasteiger partial charge is 0.303 e. The molecule has 1 aliphatic heterocycles. The monoisotopic (exact) mass is 376 g/mol. The summed E-state index contributed by atoms with van der Waals surface area (Å²) in [5.41, 5.74) is 2.23. The highest BCUT2D eigenvalue weighted by molar-refractivity contribution is 5.97. The van der Waals surface area contributed by atoms with Crippen LogP contribution in [0.2, 0.25) is 0 Å². The molecular formula is C19H12ClF3N2O. The molecule has 0 radical (unpaired) electrons. The van der Waals surface area contributed by atoms with E-state index in [-0.39, 0.29) is 12.4 Å². The molecule has 4 rings (SSSR count). The standard InChI is InChI=1S/C19H11F3N2O.ClH/c20-19(21,22)13-5-6-16-15(10-13)18(7-8-23-16)24-14(11-25)9-12-3-1-2-4-17(12)24;/h1-8,10H,9H2;1H. The molecular weight excluding hydrogens is 365 g/mol. The Hall–Kier alpha value is -2.82. The van der Waals surface area contributed by atoms with E-state index in [4.69, 9.17) is 0 Å². The van der Waals surface area contributed by atoms with Gasteiger partial charge < -0.3 is 4.90 Å². The highest BCUT2D eigenvalue weighted by atomic mass is 35.5. The van der Waals surface area contributed by atoms with Crippen LogP contribution < -0.4 is 4.90 Å². The molecule has 0 N–H and O–H groups in total. The first kappa shape index (κ1) is 18.0. The molecule has 3 nitrogen and oxygen atoms in total. The van der Waals surface area contributed by atoms with Gasteiger partial charge in [-0.05, 0) is 35.9 Å². The average molecular weight is 377 g/mol. The number of hydrogen-bond donors (Lipinski definition) is 0. The van der Waals surface area contributed by atoms with Gasteiger partial charge in [-0.3, -0.25) is 4.98 Å². The number of benzene rings is 2. The van der Waals surface area contributed by atoms with Crippen molar-refractivity contribution < 1.29 is 18.0 Å². The first-order valence-corrected chi connectivity index (χ1v) is 7.57. The van der Waals surface area contributed by atoms with Crippen LogP contribution >= 0.6 is 12.4 Å². The first-order chi connectivity index (χ1) is 12.0. The largest absolute Gasteiger partial charge is 0.416 e. The minimum Gasteiger partial charge on any atom is -0.303 e. The fourth-order valence-electron chi connectivity index (χ4n) is 3.14. The van der Waals surface area contributed by atoms with E-state index in [2.05, 4.69) is 4.98 Å². The average Bonchev–Trinajstić information content (AvgIpc) is 2.98. The number of hydrogen-bond acceptors (Lipinski definition) is 3. The van der Waals surface area contributed by atoms with Crippen molar-refractivity contribution in [3.05, 3.63) is 71.6 Å². The number of alkyl halides is 3. The highest BCUT2D eigenvalue weighted by Gasteiger charge is 2.32. The molecule has 0 amide bonds. The lowest BCUT2D eigenvalue weighted by atomic mass is 10.1. The van der Waals surface area contributed by atoms with Gasteiger partial charge in [0.2, 0.25) is 0 Å². The summed E-state index contributed by atoms with van der Waals surface area (Å²) in [7, 11) is 0. The van der Waals surface area contributed by atoms with Gasteiger partial charge in [0.1, 0.15) is 11.6 Å². The van der Waals surface area contributed by atoms with Crippen molar-refractivity contribution >= 4 is 40.6 Å². The normalized spacial score (nSPS) is 13.3. The van der Waals surface area contributed by atoms with Gasteiger partial charge in [0.05, 0.1) is 22.5 Å². The molecule has 26 heavy (non-hydrogen) atoms. The Labute approximate surface area is 153 Å². The Morgan fingerprint density at radius 2 is 1.81 bits per heavy atom. The minimum absolute atomic E-state index is 0. The Morgan fingerprint density at radius 3 is 2.54 bits per heavy atom. The number of nitrogens with zero attached hydrogens (tertiary/aromatic N) is 2. The number of halogens is 4. The summed E-state index contributed by atoms with van der Waals surface area (Å²) in [6.07, 6.45) is -2.54.